The van der Waals surface area contributed by atoms with E-state index in [-0.39, 0.29) is 25.6 Å². The first-order valence-corrected chi connectivity index (χ1v) is 7.09. The smallest absolute Gasteiger partial charge is 0.471 e. The summed E-state index contributed by atoms with van der Waals surface area (Å²) in [5.41, 5.74) is 0.635. The van der Waals surface area contributed by atoms with Crippen molar-refractivity contribution in [3.63, 3.8) is 0 Å². The highest BCUT2D eigenvalue weighted by Crippen LogP contribution is 2.24. The van der Waals surface area contributed by atoms with Gasteiger partial charge in [-0.25, -0.2) is 0 Å². The predicted molar refractivity (Wildman–Crippen MR) is 74.1 cm³/mol. The monoisotopic (exact) mass is 331 g/mol. The second-order valence-corrected chi connectivity index (χ2v) is 5.32. The quantitative estimate of drug-likeness (QED) is 0.919. The number of carbonyl (C=O) groups excluding carboxylic acids is 1. The lowest BCUT2D eigenvalue weighted by molar-refractivity contribution is -0.187. The number of nitrogens with zero attached hydrogens (tertiary/aromatic N) is 1. The Morgan fingerprint density at radius 2 is 1.74 bits per heavy atom. The molecule has 1 N–H and O–H groups in total. The molecule has 1 amide bonds. The number of ether oxygens (including phenoxy) is 1. The van der Waals surface area contributed by atoms with E-state index in [1.807, 2.05) is 0 Å². The molecule has 5 nitrogen and oxygen atoms in total. The molecule has 1 fully saturated rings. The highest BCUT2D eigenvalue weighted by molar-refractivity contribution is 5.81. The van der Waals surface area contributed by atoms with Gasteiger partial charge < -0.3 is 14.7 Å². The molecular weight excluding hydrogens is 315 g/mol. The van der Waals surface area contributed by atoms with Crippen molar-refractivity contribution >= 4 is 11.9 Å². The number of aliphatic carboxylic acids is 1. The molecule has 2 rings (SSSR count). The summed E-state index contributed by atoms with van der Waals surface area (Å²) in [6.45, 7) is 0.000214. The number of halogens is 3. The summed E-state index contributed by atoms with van der Waals surface area (Å²) < 4.78 is 42.7. The molecule has 1 aromatic rings. The first-order chi connectivity index (χ1) is 10.8. The van der Waals surface area contributed by atoms with Crippen LogP contribution in [0.4, 0.5) is 13.2 Å². The van der Waals surface area contributed by atoms with E-state index in [4.69, 9.17) is 9.84 Å². The van der Waals surface area contributed by atoms with Crippen molar-refractivity contribution in [2.24, 2.45) is 0 Å². The highest BCUT2D eigenvalue weighted by Gasteiger charge is 2.43. The normalized spacial score (nSPS) is 16.2. The summed E-state index contributed by atoms with van der Waals surface area (Å²) >= 11 is 0. The van der Waals surface area contributed by atoms with E-state index in [0.717, 1.165) is 4.90 Å². The van der Waals surface area contributed by atoms with E-state index in [2.05, 4.69) is 0 Å². The molecule has 0 bridgehead atoms. The maximum atomic E-state index is 12.3. The molecule has 0 unspecified atom stereocenters. The molecule has 8 heteroatoms. The summed E-state index contributed by atoms with van der Waals surface area (Å²) in [5.74, 6) is -2.21. The Morgan fingerprint density at radius 3 is 2.22 bits per heavy atom. The molecule has 1 aliphatic rings. The van der Waals surface area contributed by atoms with E-state index in [1.54, 1.807) is 24.3 Å². The fourth-order valence-corrected chi connectivity index (χ4v) is 2.41. The predicted octanol–water partition coefficient (Wildman–Crippen LogP) is 2.25. The second-order valence-electron chi connectivity index (χ2n) is 5.32. The van der Waals surface area contributed by atoms with Gasteiger partial charge in [-0.1, -0.05) is 12.1 Å². The van der Waals surface area contributed by atoms with Crippen molar-refractivity contribution in [2.75, 3.05) is 13.1 Å². The summed E-state index contributed by atoms with van der Waals surface area (Å²) in [6, 6.07) is 6.52. The van der Waals surface area contributed by atoms with Crippen LogP contribution in [-0.4, -0.2) is 47.3 Å². The van der Waals surface area contributed by atoms with Crippen LogP contribution < -0.4 is 4.74 Å². The van der Waals surface area contributed by atoms with E-state index >= 15 is 0 Å². The number of piperidine rings is 1. The second kappa shape index (κ2) is 6.89. The van der Waals surface area contributed by atoms with Gasteiger partial charge in [-0.2, -0.15) is 13.2 Å². The third-order valence-electron chi connectivity index (χ3n) is 3.55. The Balaban J connectivity index is 1.84. The van der Waals surface area contributed by atoms with E-state index in [9.17, 15) is 22.8 Å². The van der Waals surface area contributed by atoms with Gasteiger partial charge in [0, 0.05) is 25.9 Å². The molecule has 1 saturated heterocycles. The van der Waals surface area contributed by atoms with Gasteiger partial charge in [0.25, 0.3) is 0 Å². The van der Waals surface area contributed by atoms with Crippen LogP contribution in [0.25, 0.3) is 0 Å². The molecule has 126 valence electrons. The van der Waals surface area contributed by atoms with Gasteiger partial charge in [-0.3, -0.25) is 9.59 Å². The van der Waals surface area contributed by atoms with Crippen LogP contribution in [0.3, 0.4) is 0 Å². The standard InChI is InChI=1S/C15H16F3NO4/c16-15(17,18)14(22)19-7-5-12(6-8-19)23-11-3-1-10(2-4-11)9-13(20)21/h1-4,12H,5-9H2,(H,20,21). The molecular formula is C15H16F3NO4. The van der Waals surface area contributed by atoms with Crippen molar-refractivity contribution in [1.82, 2.24) is 4.90 Å². The summed E-state index contributed by atoms with van der Waals surface area (Å²) in [7, 11) is 0. The largest absolute Gasteiger partial charge is 0.490 e. The van der Waals surface area contributed by atoms with Crippen LogP contribution in [0.5, 0.6) is 5.75 Å². The molecule has 1 heterocycles. The minimum Gasteiger partial charge on any atom is -0.490 e. The zero-order valence-electron chi connectivity index (χ0n) is 12.2. The molecule has 0 aromatic heterocycles. The number of carboxylic acid groups (broad SMARTS) is 1. The fourth-order valence-electron chi connectivity index (χ4n) is 2.41. The number of amides is 1. The van der Waals surface area contributed by atoms with Crippen LogP contribution >= 0.6 is 0 Å². The van der Waals surface area contributed by atoms with E-state index in [1.165, 1.54) is 0 Å². The van der Waals surface area contributed by atoms with Gasteiger partial charge in [0.05, 0.1) is 6.42 Å². The molecule has 0 atom stereocenters. The van der Waals surface area contributed by atoms with Crippen LogP contribution in [0.2, 0.25) is 0 Å². The Kier molecular flexibility index (Phi) is 5.12. The SMILES string of the molecule is O=C(O)Cc1ccc(OC2CCN(C(=O)C(F)(F)F)CC2)cc1. The summed E-state index contributed by atoms with van der Waals surface area (Å²) in [6.07, 6.45) is -4.55. The third-order valence-corrected chi connectivity index (χ3v) is 3.55. The number of likely N-dealkylation sites (tertiary alicyclic amines) is 1. The van der Waals surface area contributed by atoms with Crippen molar-refractivity contribution < 1.29 is 32.6 Å². The Bertz CT molecular complexity index is 563. The van der Waals surface area contributed by atoms with E-state index < -0.39 is 18.1 Å². The Hall–Kier alpha value is -2.25. The Labute approximate surface area is 130 Å². The first-order valence-electron chi connectivity index (χ1n) is 7.09. The van der Waals surface area contributed by atoms with Crippen LogP contribution in [0.15, 0.2) is 24.3 Å². The lowest BCUT2D eigenvalue weighted by atomic mass is 10.1. The van der Waals surface area contributed by atoms with Gasteiger partial charge in [0.1, 0.15) is 11.9 Å². The zero-order chi connectivity index (χ0) is 17.0. The van der Waals surface area contributed by atoms with Gasteiger partial charge >= 0.3 is 18.1 Å². The third kappa shape index (κ3) is 4.87. The number of hydrogen-bond donors (Lipinski definition) is 1. The molecule has 0 radical (unpaired) electrons. The maximum absolute atomic E-state index is 12.3. The lowest BCUT2D eigenvalue weighted by Gasteiger charge is -2.32. The van der Waals surface area contributed by atoms with Gasteiger partial charge in [0.2, 0.25) is 0 Å². The van der Waals surface area contributed by atoms with Crippen LogP contribution in [0.1, 0.15) is 18.4 Å². The number of alkyl halides is 3. The summed E-state index contributed by atoms with van der Waals surface area (Å²) in [5, 5.41) is 8.68. The minimum absolute atomic E-state index is 0.000107. The lowest BCUT2D eigenvalue weighted by Crippen LogP contribution is -2.47. The molecule has 23 heavy (non-hydrogen) atoms. The number of benzene rings is 1. The highest BCUT2D eigenvalue weighted by atomic mass is 19.4. The summed E-state index contributed by atoms with van der Waals surface area (Å²) in [4.78, 5) is 22.5. The number of carbonyl (C=O) groups is 2. The molecule has 0 saturated carbocycles. The number of hydrogen-bond acceptors (Lipinski definition) is 3. The van der Waals surface area contributed by atoms with Gasteiger partial charge in [-0.15, -0.1) is 0 Å². The topological polar surface area (TPSA) is 66.8 Å². The Morgan fingerprint density at radius 1 is 1.17 bits per heavy atom. The average molecular weight is 331 g/mol. The van der Waals surface area contributed by atoms with Gasteiger partial charge in [0.15, 0.2) is 0 Å². The minimum atomic E-state index is -4.84. The number of carboxylic acids is 1. The molecule has 0 spiro atoms. The molecule has 0 aliphatic carbocycles. The van der Waals surface area contributed by atoms with E-state index in [0.29, 0.717) is 24.2 Å². The average Bonchev–Trinajstić information content (AvgIpc) is 2.48. The molecule has 1 aromatic carbocycles. The van der Waals surface area contributed by atoms with Crippen molar-refractivity contribution in [3.05, 3.63) is 29.8 Å². The van der Waals surface area contributed by atoms with Crippen LogP contribution in [-0.2, 0) is 16.0 Å². The van der Waals surface area contributed by atoms with Crippen molar-refractivity contribution in [2.45, 2.75) is 31.5 Å². The zero-order valence-corrected chi connectivity index (χ0v) is 12.2. The van der Waals surface area contributed by atoms with Crippen molar-refractivity contribution in [1.29, 1.82) is 0 Å². The fraction of sp³-hybridized carbons (Fsp3) is 0.467. The van der Waals surface area contributed by atoms with Crippen LogP contribution in [0, 0.1) is 0 Å². The molecule has 1 aliphatic heterocycles. The van der Waals surface area contributed by atoms with Gasteiger partial charge in [-0.05, 0) is 17.7 Å². The number of rotatable bonds is 4. The first kappa shape index (κ1) is 17.1. The van der Waals surface area contributed by atoms with Crippen molar-refractivity contribution in [3.8, 4) is 5.75 Å². The maximum Gasteiger partial charge on any atom is 0.471 e.